The molecule has 0 spiro atoms. The normalized spacial score (nSPS) is 18.8. The Balaban J connectivity index is 1.15. The highest BCUT2D eigenvalue weighted by Gasteiger charge is 2.28. The van der Waals surface area contributed by atoms with Gasteiger partial charge in [0.1, 0.15) is 4.88 Å². The van der Waals surface area contributed by atoms with Gasteiger partial charge in [-0.1, -0.05) is 48.9 Å². The zero-order valence-electron chi connectivity index (χ0n) is 20.7. The largest absolute Gasteiger partial charge is 0.347 e. The van der Waals surface area contributed by atoms with Crippen LogP contribution in [0.3, 0.4) is 0 Å². The number of carbonyl (C=O) groups is 2. The summed E-state index contributed by atoms with van der Waals surface area (Å²) in [6, 6.07) is 18.6. The van der Waals surface area contributed by atoms with Crippen LogP contribution < -0.4 is 10.2 Å². The minimum Gasteiger partial charge on any atom is -0.347 e. The van der Waals surface area contributed by atoms with Crippen molar-refractivity contribution in [3.05, 3.63) is 81.8 Å². The molecule has 0 aliphatic carbocycles. The minimum absolute atomic E-state index is 0.0712. The number of amides is 2. The first-order chi connectivity index (χ1) is 17.6. The minimum atomic E-state index is -0.102. The van der Waals surface area contributed by atoms with Crippen LogP contribution in [0.4, 0.5) is 5.69 Å². The lowest BCUT2D eigenvalue weighted by molar-refractivity contribution is -0.119. The van der Waals surface area contributed by atoms with Crippen molar-refractivity contribution in [2.45, 2.75) is 57.5 Å². The van der Waals surface area contributed by atoms with E-state index < -0.39 is 0 Å². The van der Waals surface area contributed by atoms with Crippen LogP contribution >= 0.6 is 11.3 Å². The van der Waals surface area contributed by atoms with Gasteiger partial charge in [0.2, 0.25) is 5.91 Å². The molecule has 3 aromatic rings. The summed E-state index contributed by atoms with van der Waals surface area (Å²) >= 11 is 1.45. The van der Waals surface area contributed by atoms with Crippen LogP contribution in [0.15, 0.2) is 60.8 Å². The maximum atomic E-state index is 12.9. The van der Waals surface area contributed by atoms with Gasteiger partial charge in [0, 0.05) is 37.7 Å². The molecule has 1 unspecified atom stereocenters. The number of benzene rings is 2. The number of nitrogens with zero attached hydrogens (tertiary/aromatic N) is 3. The number of anilines is 1. The van der Waals surface area contributed by atoms with Crippen molar-refractivity contribution in [1.82, 2.24) is 15.2 Å². The van der Waals surface area contributed by atoms with Crippen LogP contribution in [0.5, 0.6) is 0 Å². The first-order valence-electron chi connectivity index (χ1n) is 13.1. The van der Waals surface area contributed by atoms with Crippen molar-refractivity contribution in [1.29, 1.82) is 0 Å². The lowest BCUT2D eigenvalue weighted by Gasteiger charge is -2.33. The third-order valence-electron chi connectivity index (χ3n) is 7.10. The van der Waals surface area contributed by atoms with E-state index >= 15 is 0 Å². The Hall–Kier alpha value is -3.03. The molecular weight excluding hydrogens is 468 g/mol. The Kier molecular flexibility index (Phi) is 8.08. The fourth-order valence-corrected chi connectivity index (χ4v) is 5.87. The Bertz CT molecular complexity index is 1160. The van der Waals surface area contributed by atoms with E-state index in [2.05, 4.69) is 39.5 Å². The number of aromatic nitrogens is 1. The molecule has 1 atom stereocenters. The summed E-state index contributed by atoms with van der Waals surface area (Å²) in [6.07, 6.45) is 8.40. The maximum absolute atomic E-state index is 12.9. The van der Waals surface area contributed by atoms with Crippen molar-refractivity contribution < 1.29 is 9.59 Å². The van der Waals surface area contributed by atoms with Gasteiger partial charge in [0.25, 0.3) is 5.91 Å². The zero-order chi connectivity index (χ0) is 24.7. The molecule has 7 heteroatoms. The first-order valence-corrected chi connectivity index (χ1v) is 13.9. The van der Waals surface area contributed by atoms with E-state index in [0.29, 0.717) is 24.3 Å². The quantitative estimate of drug-likeness (QED) is 0.479. The van der Waals surface area contributed by atoms with E-state index in [4.69, 9.17) is 0 Å². The molecule has 2 aliphatic rings. The number of likely N-dealkylation sites (tertiary alicyclic amines) is 1. The molecule has 36 heavy (non-hydrogen) atoms. The van der Waals surface area contributed by atoms with Gasteiger partial charge in [-0.2, -0.15) is 0 Å². The van der Waals surface area contributed by atoms with Gasteiger partial charge >= 0.3 is 0 Å². The maximum Gasteiger partial charge on any atom is 0.263 e. The molecule has 0 bridgehead atoms. The average Bonchev–Trinajstić information content (AvgIpc) is 3.40. The van der Waals surface area contributed by atoms with Gasteiger partial charge in [0.15, 0.2) is 0 Å². The Morgan fingerprint density at radius 2 is 1.75 bits per heavy atom. The summed E-state index contributed by atoms with van der Waals surface area (Å²) in [5, 5.41) is 4.11. The topological polar surface area (TPSA) is 65.5 Å². The van der Waals surface area contributed by atoms with E-state index in [-0.39, 0.29) is 17.9 Å². The van der Waals surface area contributed by atoms with E-state index in [1.807, 2.05) is 35.2 Å². The second-order valence-corrected chi connectivity index (χ2v) is 10.9. The molecular formula is C29H34N4O2S. The fraction of sp³-hybridized carbons (Fsp3) is 0.414. The molecule has 2 amide bonds. The Labute approximate surface area is 217 Å². The molecule has 2 aliphatic heterocycles. The zero-order valence-corrected chi connectivity index (χ0v) is 21.5. The molecule has 2 fully saturated rings. The monoisotopic (exact) mass is 502 g/mol. The number of hydrogen-bond acceptors (Lipinski definition) is 5. The van der Waals surface area contributed by atoms with Crippen LogP contribution in [0.1, 0.15) is 57.9 Å². The summed E-state index contributed by atoms with van der Waals surface area (Å²) in [5.41, 5.74) is 3.45. The highest BCUT2D eigenvalue weighted by Crippen LogP contribution is 2.23. The number of piperidine rings is 2. The van der Waals surface area contributed by atoms with E-state index in [0.717, 1.165) is 30.1 Å². The van der Waals surface area contributed by atoms with Crippen molar-refractivity contribution in [2.75, 3.05) is 24.5 Å². The van der Waals surface area contributed by atoms with Crippen LogP contribution in [0, 0.1) is 0 Å². The standard InChI is InChI=1S/C29H34N4O2S/c34-28-16-12-24(21-33(28)25-13-9-23(10-14-25)20-32-17-5-2-6-18-32)31-29(35)26-19-30-27(36-26)15-11-22-7-3-1-4-8-22/h1,3-4,7-10,13-14,19,24H,2,5-6,11-12,15-18,20-21H2,(H,31,35). The van der Waals surface area contributed by atoms with Crippen molar-refractivity contribution in [2.24, 2.45) is 0 Å². The van der Waals surface area contributed by atoms with E-state index in [1.54, 1.807) is 6.20 Å². The van der Waals surface area contributed by atoms with E-state index in [9.17, 15) is 9.59 Å². The fourth-order valence-electron chi connectivity index (χ4n) is 5.05. The summed E-state index contributed by atoms with van der Waals surface area (Å²) in [5.74, 6) is 0.0138. The molecule has 3 heterocycles. The van der Waals surface area contributed by atoms with Crippen LogP contribution in [-0.2, 0) is 24.2 Å². The lowest BCUT2D eigenvalue weighted by atomic mass is 10.0. The SMILES string of the molecule is O=C(NC1CCC(=O)N(c2ccc(CN3CCCCC3)cc2)C1)c1cnc(CCc2ccccc2)s1. The predicted molar refractivity (Wildman–Crippen MR) is 144 cm³/mol. The van der Waals surface area contributed by atoms with Crippen LogP contribution in [-0.4, -0.2) is 47.4 Å². The molecule has 1 N–H and O–H groups in total. The van der Waals surface area contributed by atoms with Gasteiger partial charge in [-0.3, -0.25) is 14.5 Å². The third-order valence-corrected chi connectivity index (χ3v) is 8.15. The third kappa shape index (κ3) is 6.39. The molecule has 0 radical (unpaired) electrons. The number of carbonyl (C=O) groups excluding carboxylic acids is 2. The molecule has 2 aromatic carbocycles. The average molecular weight is 503 g/mol. The lowest BCUT2D eigenvalue weighted by Crippen LogP contribution is -2.50. The smallest absolute Gasteiger partial charge is 0.263 e. The Morgan fingerprint density at radius 3 is 2.53 bits per heavy atom. The molecule has 2 saturated heterocycles. The number of aryl methyl sites for hydroxylation is 2. The molecule has 0 saturated carbocycles. The van der Waals surface area contributed by atoms with Crippen LogP contribution in [0.25, 0.3) is 0 Å². The van der Waals surface area contributed by atoms with Gasteiger partial charge in [0.05, 0.1) is 11.2 Å². The summed E-state index contributed by atoms with van der Waals surface area (Å²) in [4.78, 5) is 35.0. The van der Waals surface area contributed by atoms with Crippen molar-refractivity contribution >= 4 is 28.8 Å². The van der Waals surface area contributed by atoms with Gasteiger partial charge < -0.3 is 10.2 Å². The van der Waals surface area contributed by atoms with Gasteiger partial charge in [-0.05, 0) is 62.0 Å². The molecule has 5 rings (SSSR count). The summed E-state index contributed by atoms with van der Waals surface area (Å²) in [7, 11) is 0. The van der Waals surface area contributed by atoms with Crippen molar-refractivity contribution in [3.63, 3.8) is 0 Å². The second-order valence-electron chi connectivity index (χ2n) is 9.82. The molecule has 188 valence electrons. The summed E-state index contributed by atoms with van der Waals surface area (Å²) < 4.78 is 0. The first kappa shape index (κ1) is 24.7. The highest BCUT2D eigenvalue weighted by molar-refractivity contribution is 7.13. The van der Waals surface area contributed by atoms with Gasteiger partial charge in [-0.25, -0.2) is 4.98 Å². The van der Waals surface area contributed by atoms with E-state index in [1.165, 1.54) is 54.8 Å². The summed E-state index contributed by atoms with van der Waals surface area (Å²) in [6.45, 7) is 3.80. The number of thiazole rings is 1. The second kappa shape index (κ2) is 11.8. The Morgan fingerprint density at radius 1 is 0.972 bits per heavy atom. The predicted octanol–water partition coefficient (Wildman–Crippen LogP) is 4.84. The number of hydrogen-bond donors (Lipinski definition) is 1. The number of rotatable bonds is 8. The van der Waals surface area contributed by atoms with Gasteiger partial charge in [-0.15, -0.1) is 11.3 Å². The van der Waals surface area contributed by atoms with Crippen molar-refractivity contribution in [3.8, 4) is 0 Å². The highest BCUT2D eigenvalue weighted by atomic mass is 32.1. The van der Waals surface area contributed by atoms with Crippen LogP contribution in [0.2, 0.25) is 0 Å². The molecule has 6 nitrogen and oxygen atoms in total. The molecule has 1 aromatic heterocycles. The number of nitrogens with one attached hydrogen (secondary N) is 1.